The molecule has 1 fully saturated rings. The van der Waals surface area contributed by atoms with Crippen molar-refractivity contribution in [3.8, 4) is 11.3 Å². The Hall–Kier alpha value is -3.72. The Bertz CT molecular complexity index is 1450. The summed E-state index contributed by atoms with van der Waals surface area (Å²) in [6, 6.07) is 7.72. The number of nitrogens with one attached hydrogen (secondary N) is 1. The van der Waals surface area contributed by atoms with Gasteiger partial charge in [0.2, 0.25) is 11.9 Å². The van der Waals surface area contributed by atoms with Crippen molar-refractivity contribution in [3.05, 3.63) is 58.7 Å². The van der Waals surface area contributed by atoms with Crippen LogP contribution in [0, 0.1) is 12.7 Å². The van der Waals surface area contributed by atoms with Gasteiger partial charge in [0.15, 0.2) is 5.82 Å². The minimum atomic E-state index is -0.496. The van der Waals surface area contributed by atoms with E-state index in [1.54, 1.807) is 11.0 Å². The molecule has 9 heteroatoms. The van der Waals surface area contributed by atoms with Gasteiger partial charge in [-0.25, -0.2) is 19.3 Å². The lowest BCUT2D eigenvalue weighted by Gasteiger charge is -2.28. The quantitative estimate of drug-likeness (QED) is 0.546. The summed E-state index contributed by atoms with van der Waals surface area (Å²) in [7, 11) is 0. The number of aliphatic imine (C=N–C) groups is 1. The molecule has 1 spiro atoms. The summed E-state index contributed by atoms with van der Waals surface area (Å²) in [6.07, 6.45) is 6.28. The standard InChI is InChI=1S/C28H29FN6O2/c1-16-11-19(12-20-25(16)31-17(2)28(20)8-3-4-9-28)26-21(29)13-30-27(34-26)33-23-6-5-18-14-35(24(37)15-36)10-7-22(18)32-23/h5-6,11-13,36H,3-4,7-10,14-15H2,1-2H3,(H,30,32,33,34). The zero-order chi connectivity index (χ0) is 25.7. The first-order valence-corrected chi connectivity index (χ1v) is 12.8. The number of nitrogens with zero attached hydrogens (tertiary/aromatic N) is 5. The smallest absolute Gasteiger partial charge is 0.248 e. The second-order valence-corrected chi connectivity index (χ2v) is 10.2. The van der Waals surface area contributed by atoms with E-state index in [1.807, 2.05) is 19.1 Å². The topological polar surface area (TPSA) is 104 Å². The van der Waals surface area contributed by atoms with E-state index in [1.165, 1.54) is 24.6 Å². The Kier molecular flexibility index (Phi) is 5.75. The van der Waals surface area contributed by atoms with Crippen molar-refractivity contribution in [2.75, 3.05) is 18.5 Å². The second-order valence-electron chi connectivity index (χ2n) is 10.2. The number of halogens is 1. The molecular formula is C28H29FN6O2. The lowest BCUT2D eigenvalue weighted by atomic mass is 9.75. The van der Waals surface area contributed by atoms with Crippen molar-refractivity contribution in [1.82, 2.24) is 19.9 Å². The van der Waals surface area contributed by atoms with E-state index in [9.17, 15) is 4.79 Å². The van der Waals surface area contributed by atoms with Gasteiger partial charge < -0.3 is 15.3 Å². The number of carbonyl (C=O) groups is 1. The van der Waals surface area contributed by atoms with E-state index in [2.05, 4.69) is 33.3 Å². The number of aliphatic hydroxyl groups is 1. The highest BCUT2D eigenvalue weighted by Crippen LogP contribution is 2.52. The number of aromatic nitrogens is 3. The predicted octanol–water partition coefficient (Wildman–Crippen LogP) is 4.52. The summed E-state index contributed by atoms with van der Waals surface area (Å²) in [5, 5.41) is 12.2. The van der Waals surface area contributed by atoms with E-state index < -0.39 is 12.4 Å². The molecule has 2 N–H and O–H groups in total. The van der Waals surface area contributed by atoms with Gasteiger partial charge in [0, 0.05) is 41.9 Å². The molecule has 2 aromatic heterocycles. The summed E-state index contributed by atoms with van der Waals surface area (Å²) in [6.45, 7) is 4.57. The number of hydrogen-bond acceptors (Lipinski definition) is 7. The van der Waals surface area contributed by atoms with Gasteiger partial charge in [0.05, 0.1) is 11.9 Å². The third-order valence-corrected chi connectivity index (χ3v) is 8.04. The SMILES string of the molecule is CC1=Nc2c(C)cc(-c3nc(Nc4ccc5c(n4)CCN(C(=O)CO)C5)ncc3F)cc2C12CCCC2. The van der Waals surface area contributed by atoms with Crippen LogP contribution in [0.5, 0.6) is 0 Å². The van der Waals surface area contributed by atoms with Crippen molar-refractivity contribution in [2.24, 2.45) is 4.99 Å². The molecule has 6 rings (SSSR count). The fraction of sp³-hybridized carbons (Fsp3) is 0.393. The van der Waals surface area contributed by atoms with Crippen LogP contribution < -0.4 is 5.32 Å². The number of amides is 1. The van der Waals surface area contributed by atoms with Crippen LogP contribution in [0.25, 0.3) is 11.3 Å². The molecule has 1 aromatic carbocycles. The molecule has 1 aliphatic carbocycles. The normalized spacial score (nSPS) is 17.5. The maximum atomic E-state index is 15.0. The average molecular weight is 501 g/mol. The number of aliphatic hydroxyl groups excluding tert-OH is 1. The highest BCUT2D eigenvalue weighted by atomic mass is 19.1. The highest BCUT2D eigenvalue weighted by molar-refractivity contribution is 6.01. The van der Waals surface area contributed by atoms with Crippen molar-refractivity contribution >= 4 is 29.1 Å². The van der Waals surface area contributed by atoms with Crippen LogP contribution in [0.3, 0.4) is 0 Å². The van der Waals surface area contributed by atoms with Crippen LogP contribution in [0.4, 0.5) is 21.8 Å². The lowest BCUT2D eigenvalue weighted by Crippen LogP contribution is -2.37. The molecule has 190 valence electrons. The van der Waals surface area contributed by atoms with Gasteiger partial charge in [-0.15, -0.1) is 0 Å². The molecule has 3 aromatic rings. The van der Waals surface area contributed by atoms with Gasteiger partial charge in [-0.3, -0.25) is 9.79 Å². The van der Waals surface area contributed by atoms with Gasteiger partial charge in [-0.2, -0.15) is 0 Å². The maximum absolute atomic E-state index is 15.0. The number of carbonyl (C=O) groups excluding carboxylic acids is 1. The van der Waals surface area contributed by atoms with Crippen molar-refractivity contribution in [3.63, 3.8) is 0 Å². The summed E-state index contributed by atoms with van der Waals surface area (Å²) in [5.74, 6) is 0.0470. The van der Waals surface area contributed by atoms with Gasteiger partial charge in [-0.1, -0.05) is 18.9 Å². The summed E-state index contributed by atoms with van der Waals surface area (Å²) >= 11 is 0. The molecule has 1 amide bonds. The monoisotopic (exact) mass is 500 g/mol. The highest BCUT2D eigenvalue weighted by Gasteiger charge is 2.44. The first kappa shape index (κ1) is 23.7. The van der Waals surface area contributed by atoms with Crippen LogP contribution in [0.15, 0.2) is 35.5 Å². The Morgan fingerprint density at radius 1 is 1.19 bits per heavy atom. The van der Waals surface area contributed by atoms with Crippen LogP contribution in [-0.2, 0) is 23.2 Å². The Balaban J connectivity index is 1.29. The first-order chi connectivity index (χ1) is 17.9. The van der Waals surface area contributed by atoms with Gasteiger partial charge in [0.25, 0.3) is 0 Å². The molecule has 4 heterocycles. The summed E-state index contributed by atoms with van der Waals surface area (Å²) < 4.78 is 15.0. The zero-order valence-corrected chi connectivity index (χ0v) is 21.0. The minimum Gasteiger partial charge on any atom is -0.387 e. The van der Waals surface area contributed by atoms with E-state index in [0.717, 1.165) is 46.6 Å². The third-order valence-electron chi connectivity index (χ3n) is 8.04. The van der Waals surface area contributed by atoms with Crippen LogP contribution in [-0.4, -0.2) is 49.7 Å². The van der Waals surface area contributed by atoms with Crippen LogP contribution in [0.1, 0.15) is 55.0 Å². The minimum absolute atomic E-state index is 0.0366. The molecule has 0 saturated heterocycles. The number of pyridine rings is 1. The van der Waals surface area contributed by atoms with Crippen LogP contribution in [0.2, 0.25) is 0 Å². The number of hydrogen-bond donors (Lipinski definition) is 2. The zero-order valence-electron chi connectivity index (χ0n) is 21.0. The van der Waals surface area contributed by atoms with E-state index >= 15 is 4.39 Å². The van der Waals surface area contributed by atoms with Crippen molar-refractivity contribution in [1.29, 1.82) is 0 Å². The average Bonchev–Trinajstić information content (AvgIpc) is 3.51. The van der Waals surface area contributed by atoms with Crippen molar-refractivity contribution in [2.45, 2.75) is 57.9 Å². The fourth-order valence-electron chi connectivity index (χ4n) is 6.05. The van der Waals surface area contributed by atoms with Crippen molar-refractivity contribution < 1.29 is 14.3 Å². The molecule has 3 aliphatic rings. The fourth-order valence-corrected chi connectivity index (χ4v) is 6.05. The molecule has 0 radical (unpaired) electrons. The number of anilines is 2. The Morgan fingerprint density at radius 3 is 2.78 bits per heavy atom. The Labute approximate surface area is 214 Å². The van der Waals surface area contributed by atoms with Crippen LogP contribution >= 0.6 is 0 Å². The third kappa shape index (κ3) is 3.98. The van der Waals surface area contributed by atoms with E-state index in [-0.39, 0.29) is 23.0 Å². The molecular weight excluding hydrogens is 471 g/mol. The first-order valence-electron chi connectivity index (χ1n) is 12.8. The van der Waals surface area contributed by atoms with E-state index in [0.29, 0.717) is 25.3 Å². The summed E-state index contributed by atoms with van der Waals surface area (Å²) in [4.78, 5) is 31.7. The molecule has 8 nitrogen and oxygen atoms in total. The Morgan fingerprint density at radius 2 is 2.00 bits per heavy atom. The van der Waals surface area contributed by atoms with Gasteiger partial charge >= 0.3 is 0 Å². The van der Waals surface area contributed by atoms with Gasteiger partial charge in [0.1, 0.15) is 18.1 Å². The largest absolute Gasteiger partial charge is 0.387 e. The molecule has 37 heavy (non-hydrogen) atoms. The number of rotatable bonds is 4. The number of aryl methyl sites for hydroxylation is 1. The summed E-state index contributed by atoms with van der Waals surface area (Å²) in [5.41, 5.74) is 7.14. The lowest BCUT2D eigenvalue weighted by molar-refractivity contribution is -0.135. The number of benzene rings is 1. The molecule has 0 unspecified atom stereocenters. The van der Waals surface area contributed by atoms with E-state index in [4.69, 9.17) is 10.1 Å². The second kappa shape index (κ2) is 8.99. The predicted molar refractivity (Wildman–Crippen MR) is 139 cm³/mol. The molecule has 1 saturated carbocycles. The maximum Gasteiger partial charge on any atom is 0.248 e. The molecule has 2 aliphatic heterocycles. The molecule has 0 bridgehead atoms. The number of fused-ring (bicyclic) bond motifs is 3. The molecule has 0 atom stereocenters. The van der Waals surface area contributed by atoms with Gasteiger partial charge in [-0.05, 0) is 61.6 Å².